The van der Waals surface area contributed by atoms with Crippen molar-refractivity contribution < 1.29 is 36.2 Å². The molecule has 2 amide bonds. The van der Waals surface area contributed by atoms with E-state index in [2.05, 4.69) is 19.9 Å². The minimum Gasteiger partial charge on any atom is -0.435 e. The maximum absolute atomic E-state index is 13.0. The van der Waals surface area contributed by atoms with E-state index < -0.39 is 30.2 Å². The maximum Gasteiger partial charge on any atom is 0.573 e. The van der Waals surface area contributed by atoms with Crippen molar-refractivity contribution in [1.82, 2.24) is 5.01 Å². The molecule has 37 heavy (non-hydrogen) atoms. The summed E-state index contributed by atoms with van der Waals surface area (Å²) in [4.78, 5) is 13.0. The van der Waals surface area contributed by atoms with Gasteiger partial charge in [0.2, 0.25) is 0 Å². The number of hydrogen-bond acceptors (Lipinski definition) is 4. The molecular formula is C25H19ClF5N3O3. The van der Waals surface area contributed by atoms with E-state index in [0.717, 1.165) is 12.1 Å². The number of hydrazone groups is 1. The number of benzene rings is 3. The molecule has 4 rings (SSSR count). The molecule has 0 radical (unpaired) electrons. The predicted molar refractivity (Wildman–Crippen MR) is 127 cm³/mol. The van der Waals surface area contributed by atoms with Crippen molar-refractivity contribution >= 4 is 29.0 Å². The number of carbonyl (C=O) groups is 1. The summed E-state index contributed by atoms with van der Waals surface area (Å²) in [5, 5.41) is 8.81. The Hall–Kier alpha value is -3.86. The lowest BCUT2D eigenvalue weighted by molar-refractivity contribution is -0.274. The molecule has 0 saturated heterocycles. The van der Waals surface area contributed by atoms with Crippen LogP contribution < -0.4 is 14.8 Å². The van der Waals surface area contributed by atoms with Crippen molar-refractivity contribution in [3.8, 4) is 11.5 Å². The van der Waals surface area contributed by atoms with Gasteiger partial charge in [0.1, 0.15) is 11.5 Å². The molecule has 1 heterocycles. The lowest BCUT2D eigenvalue weighted by atomic mass is 9.76. The van der Waals surface area contributed by atoms with Gasteiger partial charge >= 0.3 is 19.0 Å². The lowest BCUT2D eigenvalue weighted by Crippen LogP contribution is -2.38. The highest BCUT2D eigenvalue weighted by Crippen LogP contribution is 2.36. The molecule has 0 saturated carbocycles. The number of hydrogen-bond donors (Lipinski definition) is 1. The van der Waals surface area contributed by atoms with Crippen LogP contribution >= 0.6 is 11.6 Å². The predicted octanol–water partition coefficient (Wildman–Crippen LogP) is 7.05. The van der Waals surface area contributed by atoms with Crippen LogP contribution in [-0.4, -0.2) is 36.3 Å². The first-order valence-corrected chi connectivity index (χ1v) is 11.2. The Morgan fingerprint density at radius 1 is 1.00 bits per heavy atom. The topological polar surface area (TPSA) is 63.2 Å². The Kier molecular flexibility index (Phi) is 7.26. The molecule has 3 aromatic carbocycles. The van der Waals surface area contributed by atoms with Crippen LogP contribution in [0.15, 0.2) is 77.9 Å². The minimum absolute atomic E-state index is 0.0159. The zero-order valence-electron chi connectivity index (χ0n) is 19.1. The molecule has 12 heteroatoms. The number of amides is 2. The molecule has 1 atom stereocenters. The molecule has 1 aliphatic heterocycles. The number of halogens is 6. The fourth-order valence-corrected chi connectivity index (χ4v) is 4.03. The van der Waals surface area contributed by atoms with E-state index in [1.807, 2.05) is 6.92 Å². The second-order valence-electron chi connectivity index (χ2n) is 8.25. The monoisotopic (exact) mass is 539 g/mol. The number of anilines is 1. The van der Waals surface area contributed by atoms with Gasteiger partial charge in [-0.25, -0.2) is 9.80 Å². The van der Waals surface area contributed by atoms with Gasteiger partial charge in [-0.15, -0.1) is 13.2 Å². The molecule has 3 aromatic rings. The molecule has 0 spiro atoms. The fourth-order valence-electron chi connectivity index (χ4n) is 3.90. The third kappa shape index (κ3) is 6.29. The van der Waals surface area contributed by atoms with Crippen LogP contribution in [0.3, 0.4) is 0 Å². The van der Waals surface area contributed by atoms with Gasteiger partial charge in [0.05, 0.1) is 17.7 Å². The number of carbonyl (C=O) groups excluding carboxylic acids is 1. The largest absolute Gasteiger partial charge is 0.573 e. The summed E-state index contributed by atoms with van der Waals surface area (Å²) >= 11 is 6.02. The average molecular weight is 540 g/mol. The average Bonchev–Trinajstić information content (AvgIpc) is 3.19. The van der Waals surface area contributed by atoms with E-state index in [4.69, 9.17) is 11.6 Å². The molecule has 6 nitrogen and oxygen atoms in total. The van der Waals surface area contributed by atoms with Crippen molar-refractivity contribution in [2.75, 3.05) is 11.9 Å². The standard InChI is InChI=1S/C25H19ClF5N3O3/c1-24(16-4-10-19(11-5-16)36-22(27)28)14-34(33-21(24)15-2-6-17(26)7-3-15)23(35)32-18-8-12-20(13-9-18)37-25(29,30)31/h2-13,22H,14H2,1H3,(H,32,35). The van der Waals surface area contributed by atoms with Gasteiger partial charge in [0, 0.05) is 10.7 Å². The Morgan fingerprint density at radius 2 is 1.59 bits per heavy atom. The molecule has 0 aromatic heterocycles. The Balaban J connectivity index is 1.59. The van der Waals surface area contributed by atoms with E-state index in [1.54, 1.807) is 36.4 Å². The zero-order chi connectivity index (χ0) is 26.8. The zero-order valence-corrected chi connectivity index (χ0v) is 19.9. The highest BCUT2D eigenvalue weighted by Gasteiger charge is 2.43. The molecule has 0 aliphatic carbocycles. The highest BCUT2D eigenvalue weighted by atomic mass is 35.5. The van der Waals surface area contributed by atoms with Crippen molar-refractivity contribution in [2.24, 2.45) is 5.10 Å². The number of nitrogens with zero attached hydrogens (tertiary/aromatic N) is 2. The van der Waals surface area contributed by atoms with Crippen molar-refractivity contribution in [3.63, 3.8) is 0 Å². The van der Waals surface area contributed by atoms with E-state index in [-0.39, 0.29) is 18.0 Å². The molecule has 1 aliphatic rings. The Bertz CT molecular complexity index is 1280. The van der Waals surface area contributed by atoms with Gasteiger partial charge in [0.25, 0.3) is 0 Å². The van der Waals surface area contributed by atoms with Gasteiger partial charge in [-0.3, -0.25) is 0 Å². The fraction of sp³-hybridized carbons (Fsp3) is 0.200. The molecule has 194 valence electrons. The summed E-state index contributed by atoms with van der Waals surface area (Å²) in [7, 11) is 0. The number of urea groups is 1. The Labute approximate surface area is 213 Å². The normalized spacial score (nSPS) is 17.5. The van der Waals surface area contributed by atoms with E-state index in [1.165, 1.54) is 29.3 Å². The molecule has 0 fully saturated rings. The van der Waals surface area contributed by atoms with Crippen LogP contribution in [0.2, 0.25) is 5.02 Å². The SMILES string of the molecule is CC1(c2ccc(OC(F)F)cc2)CN(C(=O)Nc2ccc(OC(F)(F)F)cc2)N=C1c1ccc(Cl)cc1. The third-order valence-corrected chi connectivity index (χ3v) is 5.87. The van der Waals surface area contributed by atoms with E-state index in [0.29, 0.717) is 21.9 Å². The second kappa shape index (κ2) is 10.3. The highest BCUT2D eigenvalue weighted by molar-refractivity contribution is 6.30. The first kappa shape index (κ1) is 26.2. The van der Waals surface area contributed by atoms with Crippen molar-refractivity contribution in [2.45, 2.75) is 25.3 Å². The van der Waals surface area contributed by atoms with Gasteiger partial charge in [-0.05, 0) is 66.6 Å². The quantitative estimate of drug-likeness (QED) is 0.341. The lowest BCUT2D eigenvalue weighted by Gasteiger charge is -2.27. The molecule has 1 unspecified atom stereocenters. The maximum atomic E-state index is 13.0. The van der Waals surface area contributed by atoms with E-state index in [9.17, 15) is 26.7 Å². The van der Waals surface area contributed by atoms with Gasteiger partial charge in [-0.1, -0.05) is 35.9 Å². The molecule has 0 bridgehead atoms. The summed E-state index contributed by atoms with van der Waals surface area (Å²) in [5.74, 6) is -0.445. The first-order valence-electron chi connectivity index (χ1n) is 10.8. The van der Waals surface area contributed by atoms with Crippen LogP contribution in [-0.2, 0) is 5.41 Å². The van der Waals surface area contributed by atoms with Crippen LogP contribution in [0.1, 0.15) is 18.1 Å². The van der Waals surface area contributed by atoms with Gasteiger partial charge in [0.15, 0.2) is 0 Å². The molecule has 1 N–H and O–H groups in total. The summed E-state index contributed by atoms with van der Waals surface area (Å²) < 4.78 is 70.5. The second-order valence-corrected chi connectivity index (χ2v) is 8.69. The molecular weight excluding hydrogens is 521 g/mol. The van der Waals surface area contributed by atoms with Crippen LogP contribution in [0, 0.1) is 0 Å². The third-order valence-electron chi connectivity index (χ3n) is 5.62. The minimum atomic E-state index is -4.83. The number of nitrogens with one attached hydrogen (secondary N) is 1. The van der Waals surface area contributed by atoms with Crippen LogP contribution in [0.25, 0.3) is 0 Å². The summed E-state index contributed by atoms with van der Waals surface area (Å²) in [6.45, 7) is -1.03. The summed E-state index contributed by atoms with van der Waals surface area (Å²) in [6.07, 6.45) is -4.83. The first-order chi connectivity index (χ1) is 17.4. The van der Waals surface area contributed by atoms with Gasteiger partial charge < -0.3 is 14.8 Å². The number of alkyl halides is 5. The van der Waals surface area contributed by atoms with E-state index >= 15 is 0 Å². The summed E-state index contributed by atoms with van der Waals surface area (Å²) in [5.41, 5.74) is 1.27. The van der Waals surface area contributed by atoms with Crippen LogP contribution in [0.4, 0.5) is 32.4 Å². The number of rotatable bonds is 6. The van der Waals surface area contributed by atoms with Crippen LogP contribution in [0.5, 0.6) is 11.5 Å². The summed E-state index contributed by atoms with van der Waals surface area (Å²) in [6, 6.07) is 16.9. The van der Waals surface area contributed by atoms with Crippen molar-refractivity contribution in [1.29, 1.82) is 0 Å². The van der Waals surface area contributed by atoms with Gasteiger partial charge in [-0.2, -0.15) is 13.9 Å². The van der Waals surface area contributed by atoms with Crippen molar-refractivity contribution in [3.05, 3.63) is 88.9 Å². The Morgan fingerprint density at radius 3 is 2.16 bits per heavy atom. The smallest absolute Gasteiger partial charge is 0.435 e. The number of ether oxygens (including phenoxy) is 2.